The Kier molecular flexibility index (Phi) is 8.99. The van der Waals surface area contributed by atoms with E-state index in [0.717, 1.165) is 48.4 Å². The molecule has 2 rings (SSSR count). The summed E-state index contributed by atoms with van der Waals surface area (Å²) in [6, 6.07) is 14.1. The minimum Gasteiger partial charge on any atom is -0.494 e. The van der Waals surface area contributed by atoms with E-state index >= 15 is 0 Å². The largest absolute Gasteiger partial charge is 0.494 e. The van der Waals surface area contributed by atoms with E-state index in [2.05, 4.69) is 18.7 Å². The number of ether oxygens (including phenoxy) is 1. The van der Waals surface area contributed by atoms with Crippen LogP contribution < -0.4 is 4.74 Å². The molecule has 0 aliphatic heterocycles. The molecule has 0 aliphatic rings. The van der Waals surface area contributed by atoms with Crippen LogP contribution in [0, 0.1) is 11.7 Å². The van der Waals surface area contributed by atoms with Crippen LogP contribution in [0.5, 0.6) is 5.75 Å². The fourth-order valence-electron chi connectivity index (χ4n) is 2.71. The standard InChI is InChI=1S/C23H26ClFO/c1-2-19(9-6-18-26-23-16-12-21(24)13-17-23)7-4-3-5-8-20-10-14-22(25)15-11-20/h2-3,5,10-17,19H,1,4,6-9,18H2/b5-3+. The van der Waals surface area contributed by atoms with E-state index < -0.39 is 0 Å². The molecule has 2 aromatic rings. The maximum Gasteiger partial charge on any atom is 0.123 e. The predicted octanol–water partition coefficient (Wildman–Crippen LogP) is 7.02. The van der Waals surface area contributed by atoms with Gasteiger partial charge in [0.1, 0.15) is 11.6 Å². The van der Waals surface area contributed by atoms with Crippen molar-refractivity contribution in [3.8, 4) is 5.75 Å². The molecule has 0 radical (unpaired) electrons. The predicted molar refractivity (Wildman–Crippen MR) is 108 cm³/mol. The Morgan fingerprint density at radius 2 is 1.73 bits per heavy atom. The third-order valence-electron chi connectivity index (χ3n) is 4.27. The quantitative estimate of drug-likeness (QED) is 0.304. The molecule has 2 aromatic carbocycles. The summed E-state index contributed by atoms with van der Waals surface area (Å²) in [5.74, 6) is 1.17. The zero-order chi connectivity index (χ0) is 18.6. The molecular formula is C23H26ClFO. The number of hydrogen-bond donors (Lipinski definition) is 0. The van der Waals surface area contributed by atoms with Crippen LogP contribution in [-0.2, 0) is 6.42 Å². The molecule has 0 saturated heterocycles. The highest BCUT2D eigenvalue weighted by Crippen LogP contribution is 2.18. The Hall–Kier alpha value is -2.06. The van der Waals surface area contributed by atoms with Gasteiger partial charge in [-0.15, -0.1) is 6.58 Å². The van der Waals surface area contributed by atoms with Crippen LogP contribution in [0.15, 0.2) is 73.3 Å². The van der Waals surface area contributed by atoms with Crippen molar-refractivity contribution >= 4 is 11.6 Å². The minimum atomic E-state index is -0.188. The molecule has 0 saturated carbocycles. The summed E-state index contributed by atoms with van der Waals surface area (Å²) in [7, 11) is 0. The van der Waals surface area contributed by atoms with Crippen molar-refractivity contribution in [1.82, 2.24) is 0 Å². The summed E-state index contributed by atoms with van der Waals surface area (Å²) in [6.45, 7) is 4.65. The second-order valence-corrected chi connectivity index (χ2v) is 6.76. The zero-order valence-electron chi connectivity index (χ0n) is 15.0. The van der Waals surface area contributed by atoms with E-state index in [4.69, 9.17) is 16.3 Å². The van der Waals surface area contributed by atoms with Gasteiger partial charge in [-0.05, 0) is 80.0 Å². The molecular weight excluding hydrogens is 347 g/mol. The van der Waals surface area contributed by atoms with Crippen molar-refractivity contribution in [2.24, 2.45) is 5.92 Å². The first-order valence-corrected chi connectivity index (χ1v) is 9.45. The molecule has 138 valence electrons. The normalized spacial score (nSPS) is 12.2. The van der Waals surface area contributed by atoms with Crippen molar-refractivity contribution in [2.45, 2.75) is 32.1 Å². The number of rotatable bonds is 11. The second kappa shape index (κ2) is 11.5. The van der Waals surface area contributed by atoms with Gasteiger partial charge in [0.2, 0.25) is 0 Å². The van der Waals surface area contributed by atoms with E-state index in [1.165, 1.54) is 12.1 Å². The van der Waals surface area contributed by atoms with Crippen LogP contribution >= 0.6 is 11.6 Å². The van der Waals surface area contributed by atoms with Gasteiger partial charge in [0, 0.05) is 5.02 Å². The Morgan fingerprint density at radius 1 is 1.00 bits per heavy atom. The Balaban J connectivity index is 1.59. The van der Waals surface area contributed by atoms with Gasteiger partial charge in [0.25, 0.3) is 0 Å². The third-order valence-corrected chi connectivity index (χ3v) is 4.52. The van der Waals surface area contributed by atoms with Gasteiger partial charge in [0.15, 0.2) is 0 Å². The highest BCUT2D eigenvalue weighted by Gasteiger charge is 2.03. The molecule has 0 fully saturated rings. The van der Waals surface area contributed by atoms with E-state index in [1.807, 2.05) is 42.5 Å². The molecule has 0 amide bonds. The van der Waals surface area contributed by atoms with Crippen molar-refractivity contribution in [3.63, 3.8) is 0 Å². The lowest BCUT2D eigenvalue weighted by Gasteiger charge is -2.12. The zero-order valence-corrected chi connectivity index (χ0v) is 15.8. The van der Waals surface area contributed by atoms with Gasteiger partial charge in [-0.2, -0.15) is 0 Å². The number of allylic oxidation sites excluding steroid dienone is 3. The molecule has 1 unspecified atom stereocenters. The molecule has 0 heterocycles. The lowest BCUT2D eigenvalue weighted by atomic mass is 9.97. The molecule has 1 nitrogen and oxygen atoms in total. The van der Waals surface area contributed by atoms with E-state index in [9.17, 15) is 4.39 Å². The van der Waals surface area contributed by atoms with Crippen LogP contribution in [0.2, 0.25) is 5.02 Å². The first-order valence-electron chi connectivity index (χ1n) is 9.07. The van der Waals surface area contributed by atoms with Gasteiger partial charge in [-0.25, -0.2) is 4.39 Å². The highest BCUT2D eigenvalue weighted by atomic mass is 35.5. The van der Waals surface area contributed by atoms with Crippen LogP contribution in [0.1, 0.15) is 31.2 Å². The molecule has 3 heteroatoms. The smallest absolute Gasteiger partial charge is 0.123 e. The Bertz CT molecular complexity index is 676. The Labute approximate surface area is 161 Å². The molecule has 0 bridgehead atoms. The maximum absolute atomic E-state index is 12.9. The van der Waals surface area contributed by atoms with Crippen molar-refractivity contribution < 1.29 is 9.13 Å². The van der Waals surface area contributed by atoms with Crippen LogP contribution in [0.4, 0.5) is 4.39 Å². The SMILES string of the molecule is C=CC(CC/C=C/Cc1ccc(F)cc1)CCCOc1ccc(Cl)cc1. The van der Waals surface area contributed by atoms with Gasteiger partial charge in [0.05, 0.1) is 6.61 Å². The molecule has 0 spiro atoms. The van der Waals surface area contributed by atoms with Crippen LogP contribution in [0.25, 0.3) is 0 Å². The Morgan fingerprint density at radius 3 is 2.42 bits per heavy atom. The molecule has 1 atom stereocenters. The van der Waals surface area contributed by atoms with Gasteiger partial charge in [-0.3, -0.25) is 0 Å². The van der Waals surface area contributed by atoms with E-state index in [-0.39, 0.29) is 5.82 Å². The third kappa shape index (κ3) is 7.88. The first kappa shape index (κ1) is 20.3. The summed E-state index contributed by atoms with van der Waals surface area (Å²) < 4.78 is 18.6. The summed E-state index contributed by atoms with van der Waals surface area (Å²) in [6.07, 6.45) is 11.4. The number of hydrogen-bond acceptors (Lipinski definition) is 1. The van der Waals surface area contributed by atoms with Gasteiger partial charge < -0.3 is 4.74 Å². The second-order valence-electron chi connectivity index (χ2n) is 6.32. The molecule has 0 aliphatic carbocycles. The summed E-state index contributed by atoms with van der Waals surface area (Å²) in [5.41, 5.74) is 1.13. The van der Waals surface area contributed by atoms with E-state index in [1.54, 1.807) is 0 Å². The van der Waals surface area contributed by atoms with Gasteiger partial charge in [-0.1, -0.05) is 42.0 Å². The van der Waals surface area contributed by atoms with Gasteiger partial charge >= 0.3 is 0 Å². The average molecular weight is 373 g/mol. The fourth-order valence-corrected chi connectivity index (χ4v) is 2.84. The highest BCUT2D eigenvalue weighted by molar-refractivity contribution is 6.30. The topological polar surface area (TPSA) is 9.23 Å². The number of halogens is 2. The van der Waals surface area contributed by atoms with E-state index in [0.29, 0.717) is 12.5 Å². The lowest BCUT2D eigenvalue weighted by molar-refractivity contribution is 0.297. The fraction of sp³-hybridized carbons (Fsp3) is 0.304. The average Bonchev–Trinajstić information content (AvgIpc) is 2.66. The van der Waals surface area contributed by atoms with Crippen LogP contribution in [-0.4, -0.2) is 6.61 Å². The maximum atomic E-state index is 12.9. The van der Waals surface area contributed by atoms with Crippen molar-refractivity contribution in [1.29, 1.82) is 0 Å². The first-order chi connectivity index (χ1) is 12.7. The monoisotopic (exact) mass is 372 g/mol. The minimum absolute atomic E-state index is 0.188. The molecule has 0 aromatic heterocycles. The number of benzene rings is 2. The molecule has 0 N–H and O–H groups in total. The summed E-state index contributed by atoms with van der Waals surface area (Å²) in [4.78, 5) is 0. The summed E-state index contributed by atoms with van der Waals surface area (Å²) >= 11 is 5.86. The van der Waals surface area contributed by atoms with Crippen molar-refractivity contribution in [3.05, 3.63) is 89.7 Å². The van der Waals surface area contributed by atoms with Crippen LogP contribution in [0.3, 0.4) is 0 Å². The molecule has 26 heavy (non-hydrogen) atoms. The lowest BCUT2D eigenvalue weighted by Crippen LogP contribution is -2.02. The summed E-state index contributed by atoms with van der Waals surface area (Å²) in [5, 5.41) is 0.719. The van der Waals surface area contributed by atoms with Crippen molar-refractivity contribution in [2.75, 3.05) is 6.61 Å².